The molecule has 1 saturated carbocycles. The lowest BCUT2D eigenvalue weighted by molar-refractivity contribution is 0.326. The molecule has 0 amide bonds. The van der Waals surface area contributed by atoms with Crippen molar-refractivity contribution in [3.63, 3.8) is 0 Å². The molecule has 1 heterocycles. The lowest BCUT2D eigenvalue weighted by Crippen LogP contribution is -2.07. The molecule has 0 atom stereocenters. The van der Waals surface area contributed by atoms with Crippen molar-refractivity contribution >= 4 is 0 Å². The summed E-state index contributed by atoms with van der Waals surface area (Å²) in [6, 6.07) is 0. The molecule has 1 aromatic rings. The van der Waals surface area contributed by atoms with Crippen molar-refractivity contribution in [2.45, 2.75) is 51.5 Å². The van der Waals surface area contributed by atoms with Crippen LogP contribution in [0.1, 0.15) is 50.3 Å². The van der Waals surface area contributed by atoms with Crippen LogP contribution in [-0.4, -0.2) is 10.2 Å². The second-order valence-corrected chi connectivity index (χ2v) is 4.34. The first-order valence-corrected chi connectivity index (χ1v) is 5.90. The third-order valence-electron chi connectivity index (χ3n) is 3.17. The van der Waals surface area contributed by atoms with Crippen molar-refractivity contribution in [2.75, 3.05) is 0 Å². The van der Waals surface area contributed by atoms with E-state index >= 15 is 0 Å². The van der Waals surface area contributed by atoms with Gasteiger partial charge in [-0.2, -0.15) is 0 Å². The van der Waals surface area contributed by atoms with Gasteiger partial charge in [-0.3, -0.25) is 0 Å². The van der Waals surface area contributed by atoms with Gasteiger partial charge < -0.3 is 10.2 Å². The maximum Gasteiger partial charge on any atom is 0.230 e. The Morgan fingerprint density at radius 2 is 1.87 bits per heavy atom. The normalized spacial score (nSPS) is 18.2. The number of hydrogen-bond donors (Lipinski definition) is 1. The zero-order chi connectivity index (χ0) is 10.5. The second-order valence-electron chi connectivity index (χ2n) is 4.34. The fraction of sp³-hybridized carbons (Fsp3) is 0.818. The summed E-state index contributed by atoms with van der Waals surface area (Å²) in [5.74, 6) is 2.17. The summed E-state index contributed by atoms with van der Waals surface area (Å²) in [6.45, 7) is 0.344. The molecular formula is C11H19N3O. The highest BCUT2D eigenvalue weighted by Gasteiger charge is 2.14. The van der Waals surface area contributed by atoms with Gasteiger partial charge in [-0.15, -0.1) is 10.2 Å². The van der Waals surface area contributed by atoms with Crippen molar-refractivity contribution in [3.8, 4) is 0 Å². The maximum atomic E-state index is 5.41. The van der Waals surface area contributed by atoms with E-state index in [1.54, 1.807) is 0 Å². The highest BCUT2D eigenvalue weighted by molar-refractivity contribution is 4.82. The Bertz CT molecular complexity index is 292. The standard InChI is InChI=1S/C11H19N3O/c12-8-11-14-13-10(15-11)7-6-9-4-2-1-3-5-9/h9H,1-8,12H2. The predicted molar refractivity (Wildman–Crippen MR) is 57.1 cm³/mol. The average Bonchev–Trinajstić information content (AvgIpc) is 2.76. The van der Waals surface area contributed by atoms with E-state index in [0.717, 1.165) is 18.2 Å². The molecule has 1 aromatic heterocycles. The molecule has 4 heteroatoms. The van der Waals surface area contributed by atoms with Crippen molar-refractivity contribution in [1.29, 1.82) is 0 Å². The quantitative estimate of drug-likeness (QED) is 0.824. The third-order valence-corrected chi connectivity index (χ3v) is 3.17. The first-order valence-electron chi connectivity index (χ1n) is 5.90. The topological polar surface area (TPSA) is 64.9 Å². The minimum absolute atomic E-state index is 0.344. The maximum absolute atomic E-state index is 5.41. The van der Waals surface area contributed by atoms with Crippen LogP contribution < -0.4 is 5.73 Å². The van der Waals surface area contributed by atoms with Crippen LogP contribution in [0, 0.1) is 5.92 Å². The van der Waals surface area contributed by atoms with E-state index in [0.29, 0.717) is 12.4 Å². The predicted octanol–water partition coefficient (Wildman–Crippen LogP) is 2.04. The van der Waals surface area contributed by atoms with Crippen LogP contribution in [0.5, 0.6) is 0 Å². The van der Waals surface area contributed by atoms with Gasteiger partial charge in [-0.25, -0.2) is 0 Å². The van der Waals surface area contributed by atoms with Gasteiger partial charge in [0.1, 0.15) is 0 Å². The van der Waals surface area contributed by atoms with Gasteiger partial charge in [0, 0.05) is 6.42 Å². The molecule has 1 aliphatic carbocycles. The van der Waals surface area contributed by atoms with E-state index in [-0.39, 0.29) is 0 Å². The van der Waals surface area contributed by atoms with Crippen molar-refractivity contribution < 1.29 is 4.42 Å². The summed E-state index contributed by atoms with van der Waals surface area (Å²) < 4.78 is 5.38. The molecule has 2 N–H and O–H groups in total. The molecule has 2 rings (SSSR count). The Morgan fingerprint density at radius 3 is 2.53 bits per heavy atom. The summed E-state index contributed by atoms with van der Waals surface area (Å²) in [6.07, 6.45) is 9.04. The molecule has 0 radical (unpaired) electrons. The summed E-state index contributed by atoms with van der Waals surface area (Å²) >= 11 is 0. The van der Waals surface area contributed by atoms with Gasteiger partial charge in [-0.05, 0) is 12.3 Å². The van der Waals surface area contributed by atoms with Crippen LogP contribution in [0.3, 0.4) is 0 Å². The Balaban J connectivity index is 1.76. The summed E-state index contributed by atoms with van der Waals surface area (Å²) in [5.41, 5.74) is 5.41. The van der Waals surface area contributed by atoms with Gasteiger partial charge in [0.05, 0.1) is 6.54 Å². The third kappa shape index (κ3) is 3.02. The summed E-state index contributed by atoms with van der Waals surface area (Å²) in [5, 5.41) is 7.83. The largest absolute Gasteiger partial charge is 0.424 e. The van der Waals surface area contributed by atoms with E-state index < -0.39 is 0 Å². The molecule has 0 unspecified atom stereocenters. The van der Waals surface area contributed by atoms with Crippen LogP contribution in [0.4, 0.5) is 0 Å². The van der Waals surface area contributed by atoms with Crippen LogP contribution in [0.25, 0.3) is 0 Å². The fourth-order valence-corrected chi connectivity index (χ4v) is 2.28. The first-order chi connectivity index (χ1) is 7.38. The lowest BCUT2D eigenvalue weighted by Gasteiger charge is -2.20. The number of rotatable bonds is 4. The molecule has 0 spiro atoms. The van der Waals surface area contributed by atoms with Crippen LogP contribution in [-0.2, 0) is 13.0 Å². The Labute approximate surface area is 90.3 Å². The van der Waals surface area contributed by atoms with Gasteiger partial charge in [0.15, 0.2) is 0 Å². The van der Waals surface area contributed by atoms with Crippen molar-refractivity contribution in [3.05, 3.63) is 11.8 Å². The van der Waals surface area contributed by atoms with Gasteiger partial charge >= 0.3 is 0 Å². The minimum Gasteiger partial charge on any atom is -0.424 e. The Hall–Kier alpha value is -0.900. The van der Waals surface area contributed by atoms with Gasteiger partial charge in [0.25, 0.3) is 0 Å². The van der Waals surface area contributed by atoms with Gasteiger partial charge in [0.2, 0.25) is 11.8 Å². The zero-order valence-electron chi connectivity index (χ0n) is 9.11. The van der Waals surface area contributed by atoms with Crippen LogP contribution in [0.15, 0.2) is 4.42 Å². The molecule has 0 aromatic carbocycles. The average molecular weight is 209 g/mol. The fourth-order valence-electron chi connectivity index (χ4n) is 2.28. The number of hydrogen-bond acceptors (Lipinski definition) is 4. The minimum atomic E-state index is 0.344. The monoisotopic (exact) mass is 209 g/mol. The van der Waals surface area contributed by atoms with Crippen LogP contribution in [0.2, 0.25) is 0 Å². The molecule has 1 aliphatic rings. The second kappa shape index (κ2) is 5.26. The molecule has 4 nitrogen and oxygen atoms in total. The first kappa shape index (κ1) is 10.6. The number of nitrogens with zero attached hydrogens (tertiary/aromatic N) is 2. The Kier molecular flexibility index (Phi) is 3.72. The molecule has 0 aliphatic heterocycles. The highest BCUT2D eigenvalue weighted by Crippen LogP contribution is 2.27. The number of aromatic nitrogens is 2. The van der Waals surface area contributed by atoms with E-state index in [9.17, 15) is 0 Å². The molecule has 0 saturated heterocycles. The highest BCUT2D eigenvalue weighted by atomic mass is 16.4. The smallest absolute Gasteiger partial charge is 0.230 e. The summed E-state index contributed by atoms with van der Waals surface area (Å²) in [7, 11) is 0. The van der Waals surface area contributed by atoms with E-state index in [1.165, 1.54) is 38.5 Å². The lowest BCUT2D eigenvalue weighted by atomic mass is 9.86. The summed E-state index contributed by atoms with van der Waals surface area (Å²) in [4.78, 5) is 0. The van der Waals surface area contributed by atoms with E-state index in [2.05, 4.69) is 10.2 Å². The Morgan fingerprint density at radius 1 is 1.13 bits per heavy atom. The number of aryl methyl sites for hydroxylation is 1. The molecule has 0 bridgehead atoms. The zero-order valence-corrected chi connectivity index (χ0v) is 9.11. The van der Waals surface area contributed by atoms with Crippen molar-refractivity contribution in [1.82, 2.24) is 10.2 Å². The molecule has 1 fully saturated rings. The van der Waals surface area contributed by atoms with Crippen molar-refractivity contribution in [2.24, 2.45) is 11.7 Å². The van der Waals surface area contributed by atoms with E-state index in [1.807, 2.05) is 0 Å². The van der Waals surface area contributed by atoms with E-state index in [4.69, 9.17) is 10.2 Å². The SMILES string of the molecule is NCc1nnc(CCC2CCCCC2)o1. The number of nitrogens with two attached hydrogens (primary N) is 1. The molecular weight excluding hydrogens is 190 g/mol. The molecule has 15 heavy (non-hydrogen) atoms. The molecule has 84 valence electrons. The van der Waals surface area contributed by atoms with Gasteiger partial charge in [-0.1, -0.05) is 32.1 Å². The van der Waals surface area contributed by atoms with Crippen LogP contribution >= 0.6 is 0 Å².